The van der Waals surface area contributed by atoms with Crippen molar-refractivity contribution in [2.75, 3.05) is 5.73 Å². The third-order valence-electron chi connectivity index (χ3n) is 2.43. The van der Waals surface area contributed by atoms with Gasteiger partial charge < -0.3 is 16.2 Å². The first-order valence-corrected chi connectivity index (χ1v) is 5.56. The average molecular weight is 251 g/mol. The van der Waals surface area contributed by atoms with Gasteiger partial charge in [0.05, 0.1) is 11.9 Å². The number of hydrogen-bond donors (Lipinski definition) is 3. The van der Waals surface area contributed by atoms with Gasteiger partial charge in [-0.15, -0.1) is 0 Å². The molecule has 0 bridgehead atoms. The van der Waals surface area contributed by atoms with Gasteiger partial charge in [-0.05, 0) is 32.4 Å². The average Bonchev–Trinajstić information content (AvgIpc) is 2.27. The number of nitrogens with one attached hydrogen (secondary N) is 1. The van der Waals surface area contributed by atoms with E-state index in [-0.39, 0.29) is 18.0 Å². The molecule has 0 radical (unpaired) electrons. The van der Waals surface area contributed by atoms with E-state index in [2.05, 4.69) is 10.3 Å². The number of nitrogens with two attached hydrogens (primary N) is 1. The summed E-state index contributed by atoms with van der Waals surface area (Å²) in [6.07, 6.45) is 1.75. The van der Waals surface area contributed by atoms with Gasteiger partial charge >= 0.3 is 5.97 Å². The molecule has 1 aromatic heterocycles. The van der Waals surface area contributed by atoms with Crippen molar-refractivity contribution in [3.8, 4) is 0 Å². The first-order chi connectivity index (χ1) is 8.30. The Bertz CT molecular complexity index is 440. The number of carbonyl (C=O) groups is 2. The summed E-state index contributed by atoms with van der Waals surface area (Å²) in [5, 5.41) is 11.4. The summed E-state index contributed by atoms with van der Waals surface area (Å²) in [6.45, 7) is 3.54. The highest BCUT2D eigenvalue weighted by Crippen LogP contribution is 2.12. The van der Waals surface area contributed by atoms with Crippen molar-refractivity contribution in [3.63, 3.8) is 0 Å². The van der Waals surface area contributed by atoms with E-state index in [1.807, 2.05) is 0 Å². The van der Waals surface area contributed by atoms with Gasteiger partial charge in [0.15, 0.2) is 0 Å². The zero-order chi connectivity index (χ0) is 13.8. The van der Waals surface area contributed by atoms with Crippen LogP contribution >= 0.6 is 0 Å². The summed E-state index contributed by atoms with van der Waals surface area (Å²) >= 11 is 0. The van der Waals surface area contributed by atoms with Crippen LogP contribution in [0.3, 0.4) is 0 Å². The van der Waals surface area contributed by atoms with Gasteiger partial charge in [-0.3, -0.25) is 9.59 Å². The highest BCUT2D eigenvalue weighted by atomic mass is 16.4. The molecule has 0 aliphatic rings. The van der Waals surface area contributed by atoms with Crippen LogP contribution in [0.15, 0.2) is 18.3 Å². The fourth-order valence-corrected chi connectivity index (χ4v) is 1.39. The number of aromatic nitrogens is 1. The lowest BCUT2D eigenvalue weighted by Crippen LogP contribution is -2.44. The Kier molecular flexibility index (Phi) is 4.25. The predicted molar refractivity (Wildman–Crippen MR) is 67.1 cm³/mol. The number of rotatable bonds is 5. The van der Waals surface area contributed by atoms with Crippen molar-refractivity contribution in [2.24, 2.45) is 0 Å². The van der Waals surface area contributed by atoms with Crippen molar-refractivity contribution in [1.82, 2.24) is 10.3 Å². The molecule has 0 aliphatic heterocycles. The van der Waals surface area contributed by atoms with Crippen LogP contribution in [-0.4, -0.2) is 27.5 Å². The third kappa shape index (κ3) is 4.40. The molecule has 1 rings (SSSR count). The van der Waals surface area contributed by atoms with Gasteiger partial charge in [-0.2, -0.15) is 0 Å². The van der Waals surface area contributed by atoms with Crippen LogP contribution in [-0.2, 0) is 4.79 Å². The SMILES string of the molecule is CC(C)(CCC(=O)O)NC(=O)c1ccc(N)cn1. The number of hydrogen-bond acceptors (Lipinski definition) is 4. The minimum atomic E-state index is -0.886. The van der Waals surface area contributed by atoms with Crippen LogP contribution in [0.1, 0.15) is 37.2 Å². The lowest BCUT2D eigenvalue weighted by molar-refractivity contribution is -0.137. The van der Waals surface area contributed by atoms with E-state index in [0.717, 1.165) is 0 Å². The van der Waals surface area contributed by atoms with Gasteiger partial charge in [0.2, 0.25) is 0 Å². The molecule has 0 aliphatic carbocycles. The smallest absolute Gasteiger partial charge is 0.303 e. The lowest BCUT2D eigenvalue weighted by Gasteiger charge is -2.25. The number of carbonyl (C=O) groups excluding carboxylic acids is 1. The molecule has 6 nitrogen and oxygen atoms in total. The van der Waals surface area contributed by atoms with Crippen LogP contribution in [0.4, 0.5) is 5.69 Å². The maximum Gasteiger partial charge on any atom is 0.303 e. The number of aliphatic carboxylic acids is 1. The Morgan fingerprint density at radius 1 is 1.44 bits per heavy atom. The molecule has 1 aromatic rings. The summed E-state index contributed by atoms with van der Waals surface area (Å²) in [4.78, 5) is 26.3. The second-order valence-corrected chi connectivity index (χ2v) is 4.71. The normalized spacial score (nSPS) is 11.0. The van der Waals surface area contributed by atoms with E-state index < -0.39 is 11.5 Å². The van der Waals surface area contributed by atoms with Crippen molar-refractivity contribution in [1.29, 1.82) is 0 Å². The minimum Gasteiger partial charge on any atom is -0.481 e. The first kappa shape index (κ1) is 14.0. The van der Waals surface area contributed by atoms with Crippen LogP contribution in [0.25, 0.3) is 0 Å². The Morgan fingerprint density at radius 3 is 2.61 bits per heavy atom. The number of amides is 1. The zero-order valence-electron chi connectivity index (χ0n) is 10.4. The molecule has 18 heavy (non-hydrogen) atoms. The maximum absolute atomic E-state index is 11.9. The summed E-state index contributed by atoms with van der Waals surface area (Å²) in [6, 6.07) is 3.12. The molecule has 1 amide bonds. The fourth-order valence-electron chi connectivity index (χ4n) is 1.39. The lowest BCUT2D eigenvalue weighted by atomic mass is 9.98. The van der Waals surface area contributed by atoms with Crippen LogP contribution in [0, 0.1) is 0 Å². The topological polar surface area (TPSA) is 105 Å². The molecule has 0 atom stereocenters. The van der Waals surface area contributed by atoms with E-state index in [1.165, 1.54) is 12.3 Å². The van der Waals surface area contributed by atoms with Crippen LogP contribution in [0.2, 0.25) is 0 Å². The second-order valence-electron chi connectivity index (χ2n) is 4.71. The number of anilines is 1. The number of pyridine rings is 1. The summed E-state index contributed by atoms with van der Waals surface area (Å²) in [5.74, 6) is -1.23. The van der Waals surface area contributed by atoms with E-state index in [0.29, 0.717) is 12.1 Å². The molecular formula is C12H17N3O3. The van der Waals surface area contributed by atoms with E-state index in [4.69, 9.17) is 10.8 Å². The molecule has 4 N–H and O–H groups in total. The van der Waals surface area contributed by atoms with Gasteiger partial charge in [-0.1, -0.05) is 0 Å². The van der Waals surface area contributed by atoms with Crippen molar-refractivity contribution in [2.45, 2.75) is 32.2 Å². The zero-order valence-corrected chi connectivity index (χ0v) is 10.4. The molecule has 0 unspecified atom stereocenters. The van der Waals surface area contributed by atoms with Gasteiger partial charge in [0.1, 0.15) is 5.69 Å². The summed E-state index contributed by atoms with van der Waals surface area (Å²) in [5.41, 5.74) is 5.62. The predicted octanol–water partition coefficient (Wildman–Crippen LogP) is 1.04. The molecule has 1 heterocycles. The quantitative estimate of drug-likeness (QED) is 0.725. The number of nitrogens with zero attached hydrogens (tertiary/aromatic N) is 1. The monoisotopic (exact) mass is 251 g/mol. The number of carboxylic acids is 1. The van der Waals surface area contributed by atoms with Gasteiger partial charge in [-0.25, -0.2) is 4.98 Å². The molecule has 0 saturated carbocycles. The second kappa shape index (κ2) is 5.48. The largest absolute Gasteiger partial charge is 0.481 e. The van der Waals surface area contributed by atoms with Gasteiger partial charge in [0, 0.05) is 12.0 Å². The highest BCUT2D eigenvalue weighted by Gasteiger charge is 2.22. The van der Waals surface area contributed by atoms with Crippen molar-refractivity contribution >= 4 is 17.6 Å². The Hall–Kier alpha value is -2.11. The molecule has 0 spiro atoms. The van der Waals surface area contributed by atoms with Crippen LogP contribution < -0.4 is 11.1 Å². The standard InChI is InChI=1S/C12H17N3O3/c1-12(2,6-5-10(16)17)15-11(18)9-4-3-8(13)7-14-9/h3-4,7H,5-6,13H2,1-2H3,(H,15,18)(H,16,17). The number of carboxylic acid groups (broad SMARTS) is 1. The molecule has 0 fully saturated rings. The summed E-state index contributed by atoms with van der Waals surface area (Å²) < 4.78 is 0. The first-order valence-electron chi connectivity index (χ1n) is 5.56. The van der Waals surface area contributed by atoms with E-state index >= 15 is 0 Å². The Morgan fingerprint density at radius 2 is 2.11 bits per heavy atom. The number of nitrogen functional groups attached to an aromatic ring is 1. The van der Waals surface area contributed by atoms with E-state index in [1.54, 1.807) is 19.9 Å². The Balaban J connectivity index is 2.63. The maximum atomic E-state index is 11.9. The molecule has 0 aromatic carbocycles. The molecule has 98 valence electrons. The Labute approximate surface area is 105 Å². The molecule has 0 saturated heterocycles. The van der Waals surface area contributed by atoms with Gasteiger partial charge in [0.25, 0.3) is 5.91 Å². The fraction of sp³-hybridized carbons (Fsp3) is 0.417. The molecule has 6 heteroatoms. The van der Waals surface area contributed by atoms with E-state index in [9.17, 15) is 9.59 Å². The minimum absolute atomic E-state index is 0.00243. The third-order valence-corrected chi connectivity index (χ3v) is 2.43. The van der Waals surface area contributed by atoms with Crippen LogP contribution in [0.5, 0.6) is 0 Å². The van der Waals surface area contributed by atoms with Crippen molar-refractivity contribution in [3.05, 3.63) is 24.0 Å². The summed E-state index contributed by atoms with van der Waals surface area (Å²) in [7, 11) is 0. The van der Waals surface area contributed by atoms with Crippen molar-refractivity contribution < 1.29 is 14.7 Å². The highest BCUT2D eigenvalue weighted by molar-refractivity contribution is 5.92. The molecular weight excluding hydrogens is 234 g/mol.